The molecule has 1 heterocycles. The van der Waals surface area contributed by atoms with Crippen LogP contribution < -0.4 is 5.32 Å². The van der Waals surface area contributed by atoms with Crippen LogP contribution in [0.2, 0.25) is 5.02 Å². The Morgan fingerprint density at radius 3 is 3.05 bits per heavy atom. The largest absolute Gasteiger partial charge is 0.378 e. The number of benzene rings is 1. The summed E-state index contributed by atoms with van der Waals surface area (Å²) in [6, 6.07) is 5.87. The zero-order valence-electron chi connectivity index (χ0n) is 12.0. The van der Waals surface area contributed by atoms with E-state index < -0.39 is 0 Å². The molecule has 2 rings (SSSR count). The summed E-state index contributed by atoms with van der Waals surface area (Å²) in [4.78, 5) is 2.26. The highest BCUT2D eigenvalue weighted by Gasteiger charge is 2.24. The van der Waals surface area contributed by atoms with Gasteiger partial charge in [0.15, 0.2) is 0 Å². The van der Waals surface area contributed by atoms with Gasteiger partial charge in [-0.15, -0.1) is 0 Å². The van der Waals surface area contributed by atoms with Crippen molar-refractivity contribution in [2.45, 2.75) is 32.5 Å². The van der Waals surface area contributed by atoms with Crippen LogP contribution in [0.5, 0.6) is 0 Å². The molecule has 1 unspecified atom stereocenters. The summed E-state index contributed by atoms with van der Waals surface area (Å²) >= 11 is 5.84. The molecule has 0 saturated carbocycles. The molecule has 0 radical (unpaired) electrons. The van der Waals surface area contributed by atoms with E-state index in [2.05, 4.69) is 24.1 Å². The van der Waals surface area contributed by atoms with Crippen molar-refractivity contribution in [3.8, 4) is 0 Å². The second kappa shape index (κ2) is 7.36. The second-order valence-corrected chi connectivity index (χ2v) is 5.88. The Morgan fingerprint density at radius 1 is 1.50 bits per heavy atom. The maximum absolute atomic E-state index is 14.0. The molecule has 20 heavy (non-hydrogen) atoms. The van der Waals surface area contributed by atoms with Crippen LogP contribution in [0.4, 0.5) is 4.39 Å². The molecule has 1 aliphatic heterocycles. The van der Waals surface area contributed by atoms with Gasteiger partial charge in [0, 0.05) is 37.3 Å². The van der Waals surface area contributed by atoms with E-state index in [4.69, 9.17) is 16.3 Å². The Morgan fingerprint density at radius 2 is 2.30 bits per heavy atom. The molecule has 5 heteroatoms. The monoisotopic (exact) mass is 300 g/mol. The van der Waals surface area contributed by atoms with Crippen molar-refractivity contribution < 1.29 is 9.13 Å². The maximum Gasteiger partial charge on any atom is 0.146 e. The fourth-order valence-electron chi connectivity index (χ4n) is 2.35. The summed E-state index contributed by atoms with van der Waals surface area (Å²) < 4.78 is 19.5. The van der Waals surface area contributed by atoms with E-state index in [1.54, 1.807) is 18.2 Å². The summed E-state index contributed by atoms with van der Waals surface area (Å²) in [5.41, 5.74) is 0.647. The van der Waals surface area contributed by atoms with E-state index in [9.17, 15) is 4.39 Å². The molecule has 1 atom stereocenters. The van der Waals surface area contributed by atoms with Gasteiger partial charge in [0.05, 0.1) is 18.2 Å². The average Bonchev–Trinajstić information content (AvgIpc) is 2.43. The van der Waals surface area contributed by atoms with Gasteiger partial charge in [0.25, 0.3) is 0 Å². The predicted molar refractivity (Wildman–Crippen MR) is 79.6 cm³/mol. The number of hydrogen-bond donors (Lipinski definition) is 1. The van der Waals surface area contributed by atoms with Crippen LogP contribution in [0, 0.1) is 5.82 Å². The number of rotatable bonds is 5. The molecule has 1 aromatic rings. The zero-order chi connectivity index (χ0) is 14.5. The lowest BCUT2D eigenvalue weighted by Gasteiger charge is -2.36. The Balaban J connectivity index is 2.02. The van der Waals surface area contributed by atoms with Crippen molar-refractivity contribution in [3.05, 3.63) is 34.6 Å². The predicted octanol–water partition coefficient (Wildman–Crippen LogP) is 2.68. The Kier molecular flexibility index (Phi) is 5.78. The molecule has 0 aliphatic carbocycles. The lowest BCUT2D eigenvalue weighted by Crippen LogP contribution is -2.50. The highest BCUT2D eigenvalue weighted by atomic mass is 35.5. The molecule has 1 saturated heterocycles. The van der Waals surface area contributed by atoms with E-state index in [0.29, 0.717) is 31.4 Å². The molecule has 0 amide bonds. The molecule has 0 aromatic heterocycles. The van der Waals surface area contributed by atoms with E-state index in [0.717, 1.165) is 13.1 Å². The lowest BCUT2D eigenvalue weighted by molar-refractivity contribution is -0.0119. The normalized spacial score (nSPS) is 20.6. The standard InChI is InChI=1S/C15H22ClFN2O/c1-11(2)18-8-13-10-20-7-6-19(13)9-12-4-3-5-14(16)15(12)17/h3-5,11,13,18H,6-10H2,1-2H3. The first-order valence-electron chi connectivity index (χ1n) is 7.06. The van der Waals surface area contributed by atoms with Gasteiger partial charge in [-0.1, -0.05) is 37.6 Å². The third-order valence-electron chi connectivity index (χ3n) is 3.52. The van der Waals surface area contributed by atoms with Crippen LogP contribution in [-0.4, -0.2) is 43.3 Å². The van der Waals surface area contributed by atoms with Crippen molar-refractivity contribution >= 4 is 11.6 Å². The minimum absolute atomic E-state index is 0.188. The first-order chi connectivity index (χ1) is 9.58. The third-order valence-corrected chi connectivity index (χ3v) is 3.81. The molecule has 1 aliphatic rings. The molecule has 1 aromatic carbocycles. The van der Waals surface area contributed by atoms with E-state index in [1.807, 2.05) is 0 Å². The fourth-order valence-corrected chi connectivity index (χ4v) is 2.54. The number of nitrogens with one attached hydrogen (secondary N) is 1. The summed E-state index contributed by atoms with van der Waals surface area (Å²) in [5, 5.41) is 3.60. The molecule has 3 nitrogen and oxygen atoms in total. The molecular formula is C15H22ClFN2O. The summed E-state index contributed by atoms with van der Waals surface area (Å²) in [5.74, 6) is -0.309. The summed E-state index contributed by atoms with van der Waals surface area (Å²) in [6.07, 6.45) is 0. The van der Waals surface area contributed by atoms with Crippen LogP contribution in [0.25, 0.3) is 0 Å². The van der Waals surface area contributed by atoms with E-state index in [1.165, 1.54) is 0 Å². The van der Waals surface area contributed by atoms with Crippen molar-refractivity contribution in [3.63, 3.8) is 0 Å². The maximum atomic E-state index is 14.0. The van der Waals surface area contributed by atoms with Crippen LogP contribution in [0.1, 0.15) is 19.4 Å². The molecular weight excluding hydrogens is 279 g/mol. The van der Waals surface area contributed by atoms with Crippen LogP contribution >= 0.6 is 11.6 Å². The Labute approximate surface area is 125 Å². The number of hydrogen-bond acceptors (Lipinski definition) is 3. The molecule has 1 N–H and O–H groups in total. The van der Waals surface area contributed by atoms with Crippen molar-refractivity contribution in [1.29, 1.82) is 0 Å². The highest BCUT2D eigenvalue weighted by Crippen LogP contribution is 2.20. The fraction of sp³-hybridized carbons (Fsp3) is 0.600. The van der Waals surface area contributed by atoms with Crippen LogP contribution in [0.15, 0.2) is 18.2 Å². The van der Waals surface area contributed by atoms with Crippen LogP contribution in [0.3, 0.4) is 0 Å². The minimum Gasteiger partial charge on any atom is -0.378 e. The zero-order valence-corrected chi connectivity index (χ0v) is 12.8. The van der Waals surface area contributed by atoms with Gasteiger partial charge in [0.2, 0.25) is 0 Å². The van der Waals surface area contributed by atoms with Gasteiger partial charge < -0.3 is 10.1 Å². The molecule has 1 fully saturated rings. The number of ether oxygens (including phenoxy) is 1. The van der Waals surface area contributed by atoms with E-state index >= 15 is 0 Å². The second-order valence-electron chi connectivity index (χ2n) is 5.48. The van der Waals surface area contributed by atoms with Crippen molar-refractivity contribution in [1.82, 2.24) is 10.2 Å². The highest BCUT2D eigenvalue weighted by molar-refractivity contribution is 6.30. The summed E-state index contributed by atoms with van der Waals surface area (Å²) in [7, 11) is 0. The molecule has 112 valence electrons. The number of morpholine rings is 1. The summed E-state index contributed by atoms with van der Waals surface area (Å²) in [6.45, 7) is 7.84. The third kappa shape index (κ3) is 4.16. The van der Waals surface area contributed by atoms with Gasteiger partial charge in [-0.05, 0) is 6.07 Å². The van der Waals surface area contributed by atoms with Gasteiger partial charge in [-0.25, -0.2) is 4.39 Å². The quantitative estimate of drug-likeness (QED) is 0.905. The van der Waals surface area contributed by atoms with E-state index in [-0.39, 0.29) is 16.9 Å². The SMILES string of the molecule is CC(C)NCC1COCCN1Cc1cccc(Cl)c1F. The first-order valence-corrected chi connectivity index (χ1v) is 7.43. The minimum atomic E-state index is -0.309. The van der Waals surface area contributed by atoms with Gasteiger partial charge in [0.1, 0.15) is 5.82 Å². The van der Waals surface area contributed by atoms with Crippen molar-refractivity contribution in [2.24, 2.45) is 0 Å². The Bertz CT molecular complexity index is 442. The van der Waals surface area contributed by atoms with Gasteiger partial charge >= 0.3 is 0 Å². The van der Waals surface area contributed by atoms with Gasteiger partial charge in [-0.3, -0.25) is 4.90 Å². The number of nitrogens with zero attached hydrogens (tertiary/aromatic N) is 1. The Hall–Kier alpha value is -0.680. The topological polar surface area (TPSA) is 24.5 Å². The smallest absolute Gasteiger partial charge is 0.146 e. The first kappa shape index (κ1) is 15.7. The average molecular weight is 301 g/mol. The number of halogens is 2. The van der Waals surface area contributed by atoms with Gasteiger partial charge in [-0.2, -0.15) is 0 Å². The molecule has 0 bridgehead atoms. The molecule has 0 spiro atoms. The van der Waals surface area contributed by atoms with Crippen molar-refractivity contribution in [2.75, 3.05) is 26.3 Å². The van der Waals surface area contributed by atoms with Crippen LogP contribution in [-0.2, 0) is 11.3 Å². The lowest BCUT2D eigenvalue weighted by atomic mass is 10.1.